The summed E-state index contributed by atoms with van der Waals surface area (Å²) < 4.78 is 50.0. The van der Waals surface area contributed by atoms with Gasteiger partial charge in [0.15, 0.2) is 0 Å². The maximum absolute atomic E-state index is 15.2. The molecule has 0 aromatic heterocycles. The Hall–Kier alpha value is -5.30. The number of nitro groups is 1. The van der Waals surface area contributed by atoms with E-state index in [0.29, 0.717) is 5.75 Å². The molecular weight excluding hydrogens is 676 g/mol. The number of anilines is 1. The lowest BCUT2D eigenvalue weighted by molar-refractivity contribution is -0.385. The van der Waals surface area contributed by atoms with E-state index in [2.05, 4.69) is 5.32 Å². The largest absolute Gasteiger partial charge is 0.497 e. The fourth-order valence-corrected chi connectivity index (χ4v) is 7.69. The van der Waals surface area contributed by atoms with E-state index < -0.39 is 55.7 Å². The van der Waals surface area contributed by atoms with E-state index in [-0.39, 0.29) is 35.8 Å². The molecule has 1 aliphatic rings. The van der Waals surface area contributed by atoms with Gasteiger partial charge in [-0.25, -0.2) is 12.8 Å². The number of carbonyl (C=O) groups excluding carboxylic acids is 2. The van der Waals surface area contributed by atoms with Crippen LogP contribution in [0.3, 0.4) is 0 Å². The number of nitrogens with zero attached hydrogens (tertiary/aromatic N) is 3. The van der Waals surface area contributed by atoms with Gasteiger partial charge in [-0.2, -0.15) is 0 Å². The van der Waals surface area contributed by atoms with Crippen molar-refractivity contribution < 1.29 is 32.1 Å². The first-order valence-electron chi connectivity index (χ1n) is 16.8. The minimum atomic E-state index is -4.62. The zero-order valence-corrected chi connectivity index (χ0v) is 29.4. The number of aryl methyl sites for hydroxylation is 1. The van der Waals surface area contributed by atoms with Crippen molar-refractivity contribution in [1.29, 1.82) is 0 Å². The van der Waals surface area contributed by atoms with Crippen molar-refractivity contribution in [3.63, 3.8) is 0 Å². The second kappa shape index (κ2) is 16.6. The molecule has 1 fully saturated rings. The number of halogens is 1. The van der Waals surface area contributed by atoms with Gasteiger partial charge in [0.05, 0.1) is 22.6 Å². The number of benzene rings is 4. The van der Waals surface area contributed by atoms with Gasteiger partial charge in [0.2, 0.25) is 11.8 Å². The monoisotopic (exact) mass is 716 g/mol. The molecule has 0 radical (unpaired) electrons. The van der Waals surface area contributed by atoms with Gasteiger partial charge in [0, 0.05) is 36.2 Å². The first kappa shape index (κ1) is 37.0. The standard InChI is InChI=1S/C38H41FN4O7S/c1-27-17-22-33(24-35(27)43(46)47)51(48,49)42(31-18-20-32(50-2)21-19-31)26-37(44)41(25-29-13-9-10-16-34(29)39)36(23-28-11-5-3-6-12-28)38(45)40-30-14-7-4-8-15-30/h3,5-6,9-13,16-22,24,30,36H,4,7-8,14-15,23,25-26H2,1-2H3,(H,40,45)/t36-/m0/s1. The molecule has 5 rings (SSSR count). The number of carbonyl (C=O) groups is 2. The molecule has 0 spiro atoms. The van der Waals surface area contributed by atoms with Crippen LogP contribution in [0.15, 0.2) is 102 Å². The summed E-state index contributed by atoms with van der Waals surface area (Å²) in [6.45, 7) is 0.367. The van der Waals surface area contributed by atoms with Crippen molar-refractivity contribution in [1.82, 2.24) is 10.2 Å². The van der Waals surface area contributed by atoms with Gasteiger partial charge in [-0.15, -0.1) is 0 Å². The molecule has 1 aliphatic carbocycles. The highest BCUT2D eigenvalue weighted by Crippen LogP contribution is 2.30. The van der Waals surface area contributed by atoms with Crippen LogP contribution in [0.5, 0.6) is 5.75 Å². The molecule has 0 saturated heterocycles. The van der Waals surface area contributed by atoms with Crippen LogP contribution < -0.4 is 14.4 Å². The molecule has 0 heterocycles. The molecule has 4 aromatic rings. The summed E-state index contributed by atoms with van der Waals surface area (Å²) in [5, 5.41) is 14.9. The highest BCUT2D eigenvalue weighted by atomic mass is 32.2. The summed E-state index contributed by atoms with van der Waals surface area (Å²) in [6.07, 6.45) is 4.64. The molecule has 0 unspecified atom stereocenters. The summed E-state index contributed by atoms with van der Waals surface area (Å²) in [4.78, 5) is 40.8. The van der Waals surface area contributed by atoms with E-state index in [1.807, 2.05) is 30.3 Å². The highest BCUT2D eigenvalue weighted by Gasteiger charge is 2.36. The summed E-state index contributed by atoms with van der Waals surface area (Å²) >= 11 is 0. The van der Waals surface area contributed by atoms with Gasteiger partial charge in [0.1, 0.15) is 24.2 Å². The zero-order valence-electron chi connectivity index (χ0n) is 28.5. The van der Waals surface area contributed by atoms with Crippen molar-refractivity contribution in [2.75, 3.05) is 18.0 Å². The van der Waals surface area contributed by atoms with E-state index in [0.717, 1.165) is 48.0 Å². The van der Waals surface area contributed by atoms with Crippen LogP contribution in [0.2, 0.25) is 0 Å². The molecule has 268 valence electrons. The second-order valence-electron chi connectivity index (χ2n) is 12.6. The Morgan fingerprint density at radius 1 is 0.961 bits per heavy atom. The lowest BCUT2D eigenvalue weighted by atomic mass is 9.94. The Labute approximate surface area is 297 Å². The fraction of sp³-hybridized carbons (Fsp3) is 0.316. The molecule has 4 aromatic carbocycles. The van der Waals surface area contributed by atoms with Crippen LogP contribution >= 0.6 is 0 Å². The molecule has 2 amide bonds. The summed E-state index contributed by atoms with van der Waals surface area (Å²) in [5.74, 6) is -1.37. The smallest absolute Gasteiger partial charge is 0.273 e. The topological polar surface area (TPSA) is 139 Å². The molecule has 0 bridgehead atoms. The number of methoxy groups -OCH3 is 1. The Balaban J connectivity index is 1.60. The SMILES string of the molecule is COc1ccc(N(CC(=O)N(Cc2ccccc2F)[C@@H](Cc2ccccc2)C(=O)NC2CCCCC2)S(=O)(=O)c2ccc(C)c([N+](=O)[O-])c2)cc1. The summed E-state index contributed by atoms with van der Waals surface area (Å²) in [7, 11) is -3.17. The van der Waals surface area contributed by atoms with E-state index in [4.69, 9.17) is 4.74 Å². The van der Waals surface area contributed by atoms with Crippen molar-refractivity contribution in [2.45, 2.75) is 69.0 Å². The first-order chi connectivity index (χ1) is 24.5. The lowest BCUT2D eigenvalue weighted by Gasteiger charge is -2.35. The predicted molar refractivity (Wildman–Crippen MR) is 191 cm³/mol. The van der Waals surface area contributed by atoms with Crippen LogP contribution in [-0.2, 0) is 32.6 Å². The summed E-state index contributed by atoms with van der Waals surface area (Å²) in [6, 6.07) is 23.2. The van der Waals surface area contributed by atoms with Crippen molar-refractivity contribution in [2.24, 2.45) is 0 Å². The van der Waals surface area contributed by atoms with Gasteiger partial charge in [-0.3, -0.25) is 24.0 Å². The number of sulfonamides is 1. The minimum absolute atomic E-state index is 0.0736. The third-order valence-electron chi connectivity index (χ3n) is 9.13. The van der Waals surface area contributed by atoms with E-state index in [1.165, 1.54) is 73.5 Å². The number of nitrogens with one attached hydrogen (secondary N) is 1. The van der Waals surface area contributed by atoms with Crippen molar-refractivity contribution in [3.05, 3.63) is 130 Å². The Morgan fingerprint density at radius 2 is 1.63 bits per heavy atom. The fourth-order valence-electron chi connectivity index (χ4n) is 6.26. The first-order valence-corrected chi connectivity index (χ1v) is 18.2. The number of nitro benzene ring substituents is 1. The number of hydrogen-bond donors (Lipinski definition) is 1. The van der Waals surface area contributed by atoms with E-state index >= 15 is 4.39 Å². The van der Waals surface area contributed by atoms with Crippen molar-refractivity contribution in [3.8, 4) is 5.75 Å². The molecule has 11 nitrogen and oxygen atoms in total. The molecule has 1 N–H and O–H groups in total. The minimum Gasteiger partial charge on any atom is -0.497 e. The second-order valence-corrected chi connectivity index (χ2v) is 14.4. The highest BCUT2D eigenvalue weighted by molar-refractivity contribution is 7.92. The molecule has 1 atom stereocenters. The Kier molecular flexibility index (Phi) is 12.0. The molecular formula is C38H41FN4O7S. The zero-order chi connectivity index (χ0) is 36.5. The van der Waals surface area contributed by atoms with Gasteiger partial charge >= 0.3 is 0 Å². The normalized spacial score (nSPS) is 13.9. The number of rotatable bonds is 14. The lowest BCUT2D eigenvalue weighted by Crippen LogP contribution is -2.55. The van der Waals surface area contributed by atoms with Crippen molar-refractivity contribution >= 4 is 33.2 Å². The van der Waals surface area contributed by atoms with Crippen LogP contribution in [-0.4, -0.2) is 55.8 Å². The van der Waals surface area contributed by atoms with Crippen LogP contribution in [0.1, 0.15) is 48.8 Å². The number of ether oxygens (including phenoxy) is 1. The molecule has 13 heteroatoms. The quantitative estimate of drug-likeness (QED) is 0.119. The maximum atomic E-state index is 15.2. The Morgan fingerprint density at radius 3 is 2.27 bits per heavy atom. The van der Waals surface area contributed by atoms with Gasteiger partial charge in [-0.1, -0.05) is 73.9 Å². The summed E-state index contributed by atoms with van der Waals surface area (Å²) in [5.41, 5.74) is 0.821. The average Bonchev–Trinajstić information content (AvgIpc) is 3.13. The third-order valence-corrected chi connectivity index (χ3v) is 10.9. The van der Waals surface area contributed by atoms with E-state index in [1.54, 1.807) is 6.07 Å². The van der Waals surface area contributed by atoms with E-state index in [9.17, 15) is 28.1 Å². The average molecular weight is 717 g/mol. The van der Waals surface area contributed by atoms with Crippen LogP contribution in [0.25, 0.3) is 0 Å². The van der Waals surface area contributed by atoms with Gasteiger partial charge < -0.3 is 15.0 Å². The predicted octanol–water partition coefficient (Wildman–Crippen LogP) is 6.34. The maximum Gasteiger partial charge on any atom is 0.273 e. The van der Waals surface area contributed by atoms with Gasteiger partial charge in [0.25, 0.3) is 15.7 Å². The number of hydrogen-bond acceptors (Lipinski definition) is 7. The molecule has 1 saturated carbocycles. The van der Waals surface area contributed by atoms with Crippen LogP contribution in [0, 0.1) is 22.9 Å². The number of amides is 2. The molecule has 0 aliphatic heterocycles. The van der Waals surface area contributed by atoms with Gasteiger partial charge in [-0.05, 0) is 61.7 Å². The third kappa shape index (κ3) is 9.09. The van der Waals surface area contributed by atoms with Crippen LogP contribution in [0.4, 0.5) is 15.8 Å². The molecule has 51 heavy (non-hydrogen) atoms. The Bertz CT molecular complexity index is 1950.